The Labute approximate surface area is 126 Å². The van der Waals surface area contributed by atoms with Gasteiger partial charge in [0.05, 0.1) is 11.4 Å². The van der Waals surface area contributed by atoms with Gasteiger partial charge < -0.3 is 5.32 Å². The second kappa shape index (κ2) is 5.70. The Morgan fingerprint density at radius 3 is 2.76 bits per heavy atom. The summed E-state index contributed by atoms with van der Waals surface area (Å²) in [6.07, 6.45) is 5.08. The zero-order chi connectivity index (χ0) is 15.0. The molecule has 3 unspecified atom stereocenters. The number of sulfonamides is 1. The van der Waals surface area contributed by atoms with Crippen LogP contribution in [0.3, 0.4) is 0 Å². The van der Waals surface area contributed by atoms with Crippen molar-refractivity contribution in [3.63, 3.8) is 0 Å². The molecule has 21 heavy (non-hydrogen) atoms. The molecule has 0 spiro atoms. The lowest BCUT2D eigenvalue weighted by Crippen LogP contribution is -2.32. The number of nitrogens with zero attached hydrogens (tertiary/aromatic N) is 1. The van der Waals surface area contributed by atoms with Crippen molar-refractivity contribution in [2.45, 2.75) is 44.0 Å². The lowest BCUT2D eigenvalue weighted by molar-refractivity contribution is 0.332. The first-order valence-electron chi connectivity index (χ1n) is 7.69. The average Bonchev–Trinajstić information content (AvgIpc) is 3.12. The fourth-order valence-corrected chi connectivity index (χ4v) is 5.48. The standard InChI is InChI=1S/C14H24N4O2S/c1-9-14(13(8-15-2)18-17-9)21(19,20)16-7-12-6-10-3-4-11(12)5-10/h10-12,15-16H,3-8H2,1-2H3,(H,17,18). The van der Waals surface area contributed by atoms with Crippen LogP contribution in [0.15, 0.2) is 4.90 Å². The Balaban J connectivity index is 1.70. The number of aryl methyl sites for hydroxylation is 1. The molecule has 2 aliphatic carbocycles. The van der Waals surface area contributed by atoms with Crippen molar-refractivity contribution in [1.82, 2.24) is 20.2 Å². The van der Waals surface area contributed by atoms with E-state index in [1.54, 1.807) is 14.0 Å². The molecule has 1 aromatic heterocycles. The summed E-state index contributed by atoms with van der Waals surface area (Å²) in [5.41, 5.74) is 1.15. The summed E-state index contributed by atoms with van der Waals surface area (Å²) in [4.78, 5) is 0.306. The molecule has 2 aliphatic rings. The van der Waals surface area contributed by atoms with Gasteiger partial charge in [-0.3, -0.25) is 5.10 Å². The third-order valence-electron chi connectivity index (χ3n) is 4.99. The molecule has 1 aromatic rings. The Morgan fingerprint density at radius 2 is 2.14 bits per heavy atom. The van der Waals surface area contributed by atoms with E-state index in [0.717, 1.165) is 11.8 Å². The van der Waals surface area contributed by atoms with Crippen molar-refractivity contribution in [2.75, 3.05) is 13.6 Å². The number of rotatable bonds is 6. The Hall–Kier alpha value is -0.920. The molecule has 3 atom stereocenters. The molecule has 0 saturated heterocycles. The maximum atomic E-state index is 12.6. The van der Waals surface area contributed by atoms with Crippen LogP contribution in [0, 0.1) is 24.7 Å². The van der Waals surface area contributed by atoms with Gasteiger partial charge in [0, 0.05) is 13.1 Å². The second-order valence-electron chi connectivity index (χ2n) is 6.44. The second-order valence-corrected chi connectivity index (χ2v) is 8.15. The molecule has 7 heteroatoms. The van der Waals surface area contributed by atoms with Gasteiger partial charge >= 0.3 is 0 Å². The number of hydrogen-bond donors (Lipinski definition) is 3. The van der Waals surface area contributed by atoms with Crippen molar-refractivity contribution >= 4 is 10.0 Å². The zero-order valence-electron chi connectivity index (χ0n) is 12.6. The van der Waals surface area contributed by atoms with E-state index in [0.29, 0.717) is 35.3 Å². The Bertz CT molecular complexity index is 610. The smallest absolute Gasteiger partial charge is 0.244 e. The van der Waals surface area contributed by atoms with Gasteiger partial charge in [0.15, 0.2) is 0 Å². The van der Waals surface area contributed by atoms with E-state index >= 15 is 0 Å². The first-order chi connectivity index (χ1) is 10.0. The zero-order valence-corrected chi connectivity index (χ0v) is 13.5. The molecule has 0 radical (unpaired) electrons. The van der Waals surface area contributed by atoms with Gasteiger partial charge in [-0.15, -0.1) is 0 Å². The number of aromatic amines is 1. The molecule has 6 nitrogen and oxygen atoms in total. The van der Waals surface area contributed by atoms with Crippen LogP contribution in [0.2, 0.25) is 0 Å². The van der Waals surface area contributed by atoms with Gasteiger partial charge in [-0.2, -0.15) is 5.10 Å². The number of aromatic nitrogens is 2. The third kappa shape index (κ3) is 2.86. The van der Waals surface area contributed by atoms with Crippen molar-refractivity contribution < 1.29 is 8.42 Å². The lowest BCUT2D eigenvalue weighted by atomic mass is 9.89. The molecular formula is C14H24N4O2S. The predicted octanol–water partition coefficient (Wildman–Crippen LogP) is 1.15. The fourth-order valence-electron chi connectivity index (χ4n) is 4.03. The summed E-state index contributed by atoms with van der Waals surface area (Å²) in [5, 5.41) is 9.81. The van der Waals surface area contributed by atoms with Crippen LogP contribution in [0.1, 0.15) is 37.1 Å². The molecule has 0 amide bonds. The molecule has 0 aromatic carbocycles. The van der Waals surface area contributed by atoms with Crippen LogP contribution in [0.4, 0.5) is 0 Å². The molecule has 2 bridgehead atoms. The number of H-pyrrole nitrogens is 1. The highest BCUT2D eigenvalue weighted by molar-refractivity contribution is 7.89. The van der Waals surface area contributed by atoms with E-state index in [9.17, 15) is 8.42 Å². The highest BCUT2D eigenvalue weighted by Crippen LogP contribution is 2.48. The summed E-state index contributed by atoms with van der Waals surface area (Å²) >= 11 is 0. The van der Waals surface area contributed by atoms with E-state index in [2.05, 4.69) is 20.2 Å². The highest BCUT2D eigenvalue weighted by atomic mass is 32.2. The largest absolute Gasteiger partial charge is 0.314 e. The van der Waals surface area contributed by atoms with Crippen LogP contribution in [0.5, 0.6) is 0 Å². The van der Waals surface area contributed by atoms with Gasteiger partial charge in [0.1, 0.15) is 4.90 Å². The van der Waals surface area contributed by atoms with Gasteiger partial charge in [-0.1, -0.05) is 6.42 Å². The minimum atomic E-state index is -3.49. The van der Waals surface area contributed by atoms with E-state index in [4.69, 9.17) is 0 Å². The summed E-state index contributed by atoms with van der Waals surface area (Å²) in [6, 6.07) is 0. The topological polar surface area (TPSA) is 86.9 Å². The predicted molar refractivity (Wildman–Crippen MR) is 80.2 cm³/mol. The fraction of sp³-hybridized carbons (Fsp3) is 0.786. The minimum absolute atomic E-state index is 0.306. The van der Waals surface area contributed by atoms with Gasteiger partial charge in [0.25, 0.3) is 0 Å². The van der Waals surface area contributed by atoms with Crippen LogP contribution in [0.25, 0.3) is 0 Å². The molecule has 2 saturated carbocycles. The summed E-state index contributed by atoms with van der Waals surface area (Å²) in [5.74, 6) is 2.07. The van der Waals surface area contributed by atoms with E-state index in [-0.39, 0.29) is 0 Å². The van der Waals surface area contributed by atoms with Gasteiger partial charge in [-0.05, 0) is 51.0 Å². The minimum Gasteiger partial charge on any atom is -0.314 e. The van der Waals surface area contributed by atoms with E-state index < -0.39 is 10.0 Å². The average molecular weight is 312 g/mol. The summed E-state index contributed by atoms with van der Waals surface area (Å²) < 4.78 is 28.0. The number of hydrogen-bond acceptors (Lipinski definition) is 4. The SMILES string of the molecule is CNCc1n[nH]c(C)c1S(=O)(=O)NCC1CC2CCC1C2. The molecule has 3 rings (SSSR count). The van der Waals surface area contributed by atoms with E-state index in [1.807, 2.05) is 0 Å². The van der Waals surface area contributed by atoms with Crippen molar-refractivity contribution in [3.05, 3.63) is 11.4 Å². The molecule has 1 heterocycles. The normalized spacial score (nSPS) is 28.4. The molecule has 118 valence electrons. The maximum Gasteiger partial charge on any atom is 0.244 e. The van der Waals surface area contributed by atoms with Gasteiger partial charge in [0.2, 0.25) is 10.0 Å². The molecule has 3 N–H and O–H groups in total. The van der Waals surface area contributed by atoms with Crippen molar-refractivity contribution in [1.29, 1.82) is 0 Å². The lowest BCUT2D eigenvalue weighted by Gasteiger charge is -2.21. The maximum absolute atomic E-state index is 12.6. The first-order valence-corrected chi connectivity index (χ1v) is 9.17. The molecular weight excluding hydrogens is 288 g/mol. The quantitative estimate of drug-likeness (QED) is 0.735. The van der Waals surface area contributed by atoms with Crippen LogP contribution < -0.4 is 10.0 Å². The Morgan fingerprint density at radius 1 is 1.33 bits per heavy atom. The van der Waals surface area contributed by atoms with Crippen LogP contribution in [-0.4, -0.2) is 32.2 Å². The molecule has 0 aliphatic heterocycles. The first kappa shape index (κ1) is 15.0. The molecule has 2 fully saturated rings. The van der Waals surface area contributed by atoms with Crippen molar-refractivity contribution in [3.8, 4) is 0 Å². The Kier molecular flexibility index (Phi) is 4.07. The summed E-state index contributed by atoms with van der Waals surface area (Å²) in [7, 11) is -1.71. The summed E-state index contributed by atoms with van der Waals surface area (Å²) in [6.45, 7) is 2.75. The monoisotopic (exact) mass is 312 g/mol. The van der Waals surface area contributed by atoms with Gasteiger partial charge in [-0.25, -0.2) is 13.1 Å². The van der Waals surface area contributed by atoms with Crippen LogP contribution >= 0.6 is 0 Å². The highest BCUT2D eigenvalue weighted by Gasteiger charge is 2.39. The van der Waals surface area contributed by atoms with E-state index in [1.165, 1.54) is 25.7 Å². The number of fused-ring (bicyclic) bond motifs is 2. The number of nitrogens with one attached hydrogen (secondary N) is 3. The van der Waals surface area contributed by atoms with Crippen LogP contribution in [-0.2, 0) is 16.6 Å². The van der Waals surface area contributed by atoms with Crippen molar-refractivity contribution in [2.24, 2.45) is 17.8 Å². The third-order valence-corrected chi connectivity index (χ3v) is 6.62.